The Labute approximate surface area is 120 Å². The molecule has 2 atom stereocenters. The van der Waals surface area contributed by atoms with Gasteiger partial charge in [0.1, 0.15) is 12.6 Å². The maximum absolute atomic E-state index is 11.9. The second kappa shape index (κ2) is 6.25. The quantitative estimate of drug-likeness (QED) is 0.864. The molecular formula is C14H15NO6. The van der Waals surface area contributed by atoms with E-state index < -0.39 is 30.0 Å². The van der Waals surface area contributed by atoms with E-state index in [4.69, 9.17) is 14.9 Å². The van der Waals surface area contributed by atoms with E-state index in [2.05, 4.69) is 0 Å². The molecule has 0 spiro atoms. The molecule has 2 rings (SSSR count). The van der Waals surface area contributed by atoms with Crippen LogP contribution in [0.3, 0.4) is 0 Å². The number of carboxylic acids is 2. The largest absolute Gasteiger partial charge is 0.481 e. The summed E-state index contributed by atoms with van der Waals surface area (Å²) in [6.07, 6.45) is -0.706. The smallest absolute Gasteiger partial charge is 0.410 e. The molecule has 1 aromatic rings. The van der Waals surface area contributed by atoms with Crippen molar-refractivity contribution < 1.29 is 29.3 Å². The van der Waals surface area contributed by atoms with Gasteiger partial charge in [-0.2, -0.15) is 0 Å². The Morgan fingerprint density at radius 3 is 2.38 bits per heavy atom. The first kappa shape index (κ1) is 14.8. The molecule has 1 aromatic carbocycles. The summed E-state index contributed by atoms with van der Waals surface area (Å²) in [7, 11) is 0. The van der Waals surface area contributed by atoms with Gasteiger partial charge in [0, 0.05) is 6.54 Å². The van der Waals surface area contributed by atoms with Crippen LogP contribution in [0, 0.1) is 5.92 Å². The Bertz CT molecular complexity index is 544. The number of hydrogen-bond acceptors (Lipinski definition) is 4. The first-order chi connectivity index (χ1) is 10.0. The zero-order valence-electron chi connectivity index (χ0n) is 11.1. The second-order valence-electron chi connectivity index (χ2n) is 4.75. The van der Waals surface area contributed by atoms with E-state index in [1.165, 1.54) is 0 Å². The Hall–Kier alpha value is -2.57. The molecule has 112 valence electrons. The average molecular weight is 293 g/mol. The van der Waals surface area contributed by atoms with Gasteiger partial charge < -0.3 is 14.9 Å². The molecule has 7 heteroatoms. The molecule has 0 aliphatic carbocycles. The molecule has 21 heavy (non-hydrogen) atoms. The van der Waals surface area contributed by atoms with E-state index in [0.29, 0.717) is 0 Å². The topological polar surface area (TPSA) is 104 Å². The minimum Gasteiger partial charge on any atom is -0.481 e. The zero-order valence-corrected chi connectivity index (χ0v) is 11.1. The molecule has 0 unspecified atom stereocenters. The van der Waals surface area contributed by atoms with E-state index in [0.717, 1.165) is 10.5 Å². The number of carbonyl (C=O) groups excluding carboxylic acids is 1. The van der Waals surface area contributed by atoms with Gasteiger partial charge in [-0.1, -0.05) is 30.3 Å². The normalized spacial score (nSPS) is 21.0. The summed E-state index contributed by atoms with van der Waals surface area (Å²) in [5, 5.41) is 18.1. The lowest BCUT2D eigenvalue weighted by Crippen LogP contribution is -2.45. The van der Waals surface area contributed by atoms with Crippen molar-refractivity contribution >= 4 is 18.0 Å². The summed E-state index contributed by atoms with van der Waals surface area (Å²) in [4.78, 5) is 35.1. The molecule has 1 saturated heterocycles. The monoisotopic (exact) mass is 293 g/mol. The van der Waals surface area contributed by atoms with Crippen molar-refractivity contribution in [2.75, 3.05) is 6.54 Å². The highest BCUT2D eigenvalue weighted by Crippen LogP contribution is 2.26. The van der Waals surface area contributed by atoms with E-state index >= 15 is 0 Å². The van der Waals surface area contributed by atoms with Crippen LogP contribution in [0.1, 0.15) is 12.0 Å². The number of benzene rings is 1. The molecule has 1 fully saturated rings. The number of carboxylic acid groups (broad SMARTS) is 2. The van der Waals surface area contributed by atoms with Gasteiger partial charge in [0.25, 0.3) is 0 Å². The standard InChI is InChI=1S/C14H15NO6/c16-12(17)10-6-7-15(11(10)13(18)19)14(20)21-8-9-4-2-1-3-5-9/h1-5,10-11H,6-8H2,(H,16,17)(H,18,19)/t10-,11-/m1/s1. The highest BCUT2D eigenvalue weighted by atomic mass is 16.6. The summed E-state index contributed by atoms with van der Waals surface area (Å²) in [5.41, 5.74) is 0.770. The van der Waals surface area contributed by atoms with Gasteiger partial charge in [0.2, 0.25) is 0 Å². The SMILES string of the molecule is O=C(O)[C@@H]1CCN(C(=O)OCc2ccccc2)[C@H]1C(=O)O. The first-order valence-electron chi connectivity index (χ1n) is 6.43. The Morgan fingerprint density at radius 1 is 1.14 bits per heavy atom. The summed E-state index contributed by atoms with van der Waals surface area (Å²) in [6.45, 7) is 0.0712. The molecule has 7 nitrogen and oxygen atoms in total. The van der Waals surface area contributed by atoms with Crippen molar-refractivity contribution in [1.82, 2.24) is 4.90 Å². The summed E-state index contributed by atoms with van der Waals surface area (Å²) in [5.74, 6) is -3.66. The van der Waals surface area contributed by atoms with Crippen molar-refractivity contribution in [1.29, 1.82) is 0 Å². The molecule has 1 amide bonds. The number of aliphatic carboxylic acids is 2. The van der Waals surface area contributed by atoms with Gasteiger partial charge in [-0.3, -0.25) is 9.69 Å². The van der Waals surface area contributed by atoms with E-state index in [-0.39, 0.29) is 19.6 Å². The Kier molecular flexibility index (Phi) is 4.42. The fraction of sp³-hybridized carbons (Fsp3) is 0.357. The average Bonchev–Trinajstić information content (AvgIpc) is 2.91. The van der Waals surface area contributed by atoms with Crippen LogP contribution in [0.4, 0.5) is 4.79 Å². The first-order valence-corrected chi connectivity index (χ1v) is 6.43. The summed E-state index contributed by atoms with van der Waals surface area (Å²) >= 11 is 0. The number of carbonyl (C=O) groups is 3. The zero-order chi connectivity index (χ0) is 15.4. The van der Waals surface area contributed by atoms with Crippen LogP contribution in [-0.2, 0) is 20.9 Å². The van der Waals surface area contributed by atoms with Crippen LogP contribution < -0.4 is 0 Å². The van der Waals surface area contributed by atoms with Crippen molar-refractivity contribution in [2.24, 2.45) is 5.92 Å². The number of hydrogen-bond donors (Lipinski definition) is 2. The van der Waals surface area contributed by atoms with Gasteiger partial charge in [0.15, 0.2) is 0 Å². The number of rotatable bonds is 4. The molecule has 1 heterocycles. The fourth-order valence-corrected chi connectivity index (χ4v) is 2.36. The van der Waals surface area contributed by atoms with Crippen LogP contribution in [0.5, 0.6) is 0 Å². The molecular weight excluding hydrogens is 278 g/mol. The van der Waals surface area contributed by atoms with Gasteiger partial charge in [-0.25, -0.2) is 9.59 Å². The van der Waals surface area contributed by atoms with Crippen LogP contribution >= 0.6 is 0 Å². The van der Waals surface area contributed by atoms with Crippen molar-refractivity contribution in [3.05, 3.63) is 35.9 Å². The third kappa shape index (κ3) is 3.31. The third-order valence-electron chi connectivity index (χ3n) is 3.41. The number of nitrogens with zero attached hydrogens (tertiary/aromatic N) is 1. The van der Waals surface area contributed by atoms with Gasteiger partial charge in [-0.05, 0) is 12.0 Å². The van der Waals surface area contributed by atoms with Crippen molar-refractivity contribution in [3.63, 3.8) is 0 Å². The number of amides is 1. The molecule has 0 saturated carbocycles. The lowest BCUT2D eigenvalue weighted by Gasteiger charge is -2.22. The van der Waals surface area contributed by atoms with E-state index in [1.807, 2.05) is 6.07 Å². The molecule has 1 aliphatic heterocycles. The van der Waals surface area contributed by atoms with E-state index in [1.54, 1.807) is 24.3 Å². The van der Waals surface area contributed by atoms with Crippen LogP contribution in [0.25, 0.3) is 0 Å². The Morgan fingerprint density at radius 2 is 1.81 bits per heavy atom. The molecule has 2 N–H and O–H groups in total. The highest BCUT2D eigenvalue weighted by molar-refractivity contribution is 5.87. The van der Waals surface area contributed by atoms with Gasteiger partial charge >= 0.3 is 18.0 Å². The number of likely N-dealkylation sites (tertiary alicyclic amines) is 1. The van der Waals surface area contributed by atoms with Crippen LogP contribution in [0.2, 0.25) is 0 Å². The van der Waals surface area contributed by atoms with Crippen LogP contribution in [-0.4, -0.2) is 45.7 Å². The van der Waals surface area contributed by atoms with Crippen molar-refractivity contribution in [2.45, 2.75) is 19.1 Å². The molecule has 0 radical (unpaired) electrons. The molecule has 0 bridgehead atoms. The lowest BCUT2D eigenvalue weighted by molar-refractivity contribution is -0.151. The van der Waals surface area contributed by atoms with Gasteiger partial charge in [-0.15, -0.1) is 0 Å². The van der Waals surface area contributed by atoms with Crippen molar-refractivity contribution in [3.8, 4) is 0 Å². The second-order valence-corrected chi connectivity index (χ2v) is 4.75. The third-order valence-corrected chi connectivity index (χ3v) is 3.41. The fourth-order valence-electron chi connectivity index (χ4n) is 2.36. The maximum atomic E-state index is 11.9. The minimum absolute atomic E-state index is 0.0141. The molecule has 1 aliphatic rings. The highest BCUT2D eigenvalue weighted by Gasteiger charge is 2.46. The predicted octanol–water partition coefficient (Wildman–Crippen LogP) is 1.18. The summed E-state index contributed by atoms with van der Waals surface area (Å²) in [6, 6.07) is 7.56. The maximum Gasteiger partial charge on any atom is 0.410 e. The minimum atomic E-state index is -1.38. The van der Waals surface area contributed by atoms with Gasteiger partial charge in [0.05, 0.1) is 5.92 Å². The lowest BCUT2D eigenvalue weighted by atomic mass is 10.0. The predicted molar refractivity (Wildman–Crippen MR) is 70.5 cm³/mol. The van der Waals surface area contributed by atoms with Crippen LogP contribution in [0.15, 0.2) is 30.3 Å². The van der Waals surface area contributed by atoms with E-state index in [9.17, 15) is 14.4 Å². The number of ether oxygens (including phenoxy) is 1. The molecule has 0 aromatic heterocycles. The Balaban J connectivity index is 2.01. The summed E-state index contributed by atoms with van der Waals surface area (Å²) < 4.78 is 5.05.